The molecule has 0 aliphatic heterocycles. The number of carbonyl (C=O) groups is 2. The van der Waals surface area contributed by atoms with E-state index < -0.39 is 17.7 Å². The number of nitrogens with one attached hydrogen (secondary N) is 1. The highest BCUT2D eigenvalue weighted by Crippen LogP contribution is 2.08. The Bertz CT molecular complexity index is 274. The lowest BCUT2D eigenvalue weighted by Gasteiger charge is -2.24. The molecule has 0 aliphatic rings. The summed E-state index contributed by atoms with van der Waals surface area (Å²) in [6, 6.07) is -0.641. The number of likely N-dealkylation sites (N-methyl/N-ethyl adjacent to an activating group) is 1. The van der Waals surface area contributed by atoms with Crippen LogP contribution in [0.1, 0.15) is 27.2 Å². The van der Waals surface area contributed by atoms with Crippen LogP contribution in [0.2, 0.25) is 0 Å². The number of carbonyl (C=O) groups excluding carboxylic acids is 2. The first-order valence-electron chi connectivity index (χ1n) is 5.44. The molecular formula is C11H21ClN2O3. The van der Waals surface area contributed by atoms with Gasteiger partial charge in [0.25, 0.3) is 0 Å². The van der Waals surface area contributed by atoms with E-state index in [0.717, 1.165) is 0 Å². The summed E-state index contributed by atoms with van der Waals surface area (Å²) in [5, 5.41) is 2.52. The molecule has 5 nitrogen and oxygen atoms in total. The predicted molar refractivity (Wildman–Crippen MR) is 67.2 cm³/mol. The molecule has 0 aromatic carbocycles. The fourth-order valence-electron chi connectivity index (χ4n) is 1.13. The Morgan fingerprint density at radius 2 is 1.88 bits per heavy atom. The van der Waals surface area contributed by atoms with Gasteiger partial charge in [0.15, 0.2) is 0 Å². The van der Waals surface area contributed by atoms with Gasteiger partial charge >= 0.3 is 6.09 Å². The molecular weight excluding hydrogens is 244 g/mol. The third-order valence-electron chi connectivity index (χ3n) is 1.83. The highest BCUT2D eigenvalue weighted by molar-refractivity contribution is 6.18. The molecule has 1 N–H and O–H groups in total. The monoisotopic (exact) mass is 264 g/mol. The zero-order chi connectivity index (χ0) is 13.6. The van der Waals surface area contributed by atoms with E-state index in [9.17, 15) is 9.59 Å². The molecule has 0 spiro atoms. The Morgan fingerprint density at radius 1 is 1.35 bits per heavy atom. The lowest BCUT2D eigenvalue weighted by atomic mass is 10.2. The number of hydrogen-bond acceptors (Lipinski definition) is 3. The van der Waals surface area contributed by atoms with Crippen LogP contribution in [0.25, 0.3) is 0 Å². The highest BCUT2D eigenvalue weighted by Gasteiger charge is 2.24. The second-order valence-corrected chi connectivity index (χ2v) is 5.29. The van der Waals surface area contributed by atoms with Gasteiger partial charge in [-0.05, 0) is 27.2 Å². The number of rotatable bonds is 4. The van der Waals surface area contributed by atoms with Crippen molar-refractivity contribution in [1.82, 2.24) is 10.2 Å². The Kier molecular flexibility index (Phi) is 6.31. The fraction of sp³-hybridized carbons (Fsp3) is 0.818. The van der Waals surface area contributed by atoms with Crippen molar-refractivity contribution >= 4 is 23.6 Å². The number of amides is 2. The summed E-state index contributed by atoms with van der Waals surface area (Å²) in [4.78, 5) is 24.7. The van der Waals surface area contributed by atoms with Crippen molar-refractivity contribution in [1.29, 1.82) is 0 Å². The van der Waals surface area contributed by atoms with E-state index in [1.807, 2.05) is 0 Å². The van der Waals surface area contributed by atoms with Crippen molar-refractivity contribution < 1.29 is 14.3 Å². The summed E-state index contributed by atoms with van der Waals surface area (Å²) in [6.45, 7) is 5.28. The van der Waals surface area contributed by atoms with Gasteiger partial charge in [-0.3, -0.25) is 4.79 Å². The fourth-order valence-corrected chi connectivity index (χ4v) is 1.35. The Hall–Kier alpha value is -0.970. The standard InChI is InChI=1S/C11H21ClN2O3/c1-11(2,3)17-10(16)13-8(6-7-12)9(15)14(4)5/h8H,6-7H2,1-5H3,(H,13,16). The number of alkyl carbamates (subject to hydrolysis) is 1. The maximum Gasteiger partial charge on any atom is 0.408 e. The quantitative estimate of drug-likeness (QED) is 0.785. The van der Waals surface area contributed by atoms with E-state index >= 15 is 0 Å². The minimum Gasteiger partial charge on any atom is -0.444 e. The number of ether oxygens (including phenoxy) is 1. The normalized spacial score (nSPS) is 12.8. The predicted octanol–water partition coefficient (Wildman–Crippen LogP) is 1.60. The van der Waals surface area contributed by atoms with Crippen molar-refractivity contribution in [2.45, 2.75) is 38.8 Å². The molecule has 0 heterocycles. The maximum absolute atomic E-state index is 11.7. The van der Waals surface area contributed by atoms with E-state index in [1.54, 1.807) is 34.9 Å². The van der Waals surface area contributed by atoms with E-state index in [0.29, 0.717) is 12.3 Å². The molecule has 0 bridgehead atoms. The van der Waals surface area contributed by atoms with E-state index in [2.05, 4.69) is 5.32 Å². The first-order valence-corrected chi connectivity index (χ1v) is 5.97. The van der Waals surface area contributed by atoms with Gasteiger partial charge in [0.05, 0.1) is 0 Å². The Morgan fingerprint density at radius 3 is 2.24 bits per heavy atom. The van der Waals surface area contributed by atoms with Crippen LogP contribution in [0.4, 0.5) is 4.79 Å². The summed E-state index contributed by atoms with van der Waals surface area (Å²) >= 11 is 5.60. The molecule has 17 heavy (non-hydrogen) atoms. The first kappa shape index (κ1) is 16.0. The lowest BCUT2D eigenvalue weighted by Crippen LogP contribution is -2.47. The average molecular weight is 265 g/mol. The molecule has 6 heteroatoms. The van der Waals surface area contributed by atoms with Crippen LogP contribution in [0.3, 0.4) is 0 Å². The van der Waals surface area contributed by atoms with Crippen LogP contribution in [0, 0.1) is 0 Å². The minimum atomic E-state index is -0.641. The molecule has 2 amide bonds. The van der Waals surface area contributed by atoms with Crippen molar-refractivity contribution in [3.63, 3.8) is 0 Å². The lowest BCUT2D eigenvalue weighted by molar-refractivity contribution is -0.131. The molecule has 1 atom stereocenters. The van der Waals surface area contributed by atoms with E-state index in [-0.39, 0.29) is 5.91 Å². The number of nitrogens with zero attached hydrogens (tertiary/aromatic N) is 1. The van der Waals surface area contributed by atoms with Crippen LogP contribution in [-0.2, 0) is 9.53 Å². The summed E-state index contributed by atoms with van der Waals surface area (Å²) in [6.07, 6.45) is -0.236. The van der Waals surface area contributed by atoms with E-state index in [1.165, 1.54) is 4.90 Å². The molecule has 0 aromatic heterocycles. The molecule has 0 fully saturated rings. The van der Waals surface area contributed by atoms with Crippen LogP contribution in [0.5, 0.6) is 0 Å². The minimum absolute atomic E-state index is 0.198. The zero-order valence-electron chi connectivity index (χ0n) is 11.0. The van der Waals surface area contributed by atoms with Gasteiger partial charge in [-0.1, -0.05) is 0 Å². The van der Waals surface area contributed by atoms with Gasteiger partial charge in [0.1, 0.15) is 11.6 Å². The third kappa shape index (κ3) is 7.05. The van der Waals surface area contributed by atoms with Crippen molar-refractivity contribution in [3.8, 4) is 0 Å². The van der Waals surface area contributed by atoms with Crippen molar-refractivity contribution in [3.05, 3.63) is 0 Å². The Labute approximate surface area is 107 Å². The largest absolute Gasteiger partial charge is 0.444 e. The summed E-state index contributed by atoms with van der Waals surface area (Å²) in [5.74, 6) is 0.0940. The van der Waals surface area contributed by atoms with Gasteiger partial charge in [-0.15, -0.1) is 11.6 Å². The SMILES string of the molecule is CN(C)C(=O)C(CCCl)NC(=O)OC(C)(C)C. The van der Waals surface area contributed by atoms with Gasteiger partial charge in [-0.2, -0.15) is 0 Å². The zero-order valence-corrected chi connectivity index (χ0v) is 11.8. The summed E-state index contributed by atoms with van der Waals surface area (Å²) < 4.78 is 5.08. The summed E-state index contributed by atoms with van der Waals surface area (Å²) in [5.41, 5.74) is -0.587. The molecule has 0 radical (unpaired) electrons. The van der Waals surface area contributed by atoms with Crippen LogP contribution in [-0.4, -0.2) is 48.5 Å². The molecule has 0 rings (SSSR count). The smallest absolute Gasteiger partial charge is 0.408 e. The first-order chi connectivity index (χ1) is 7.67. The van der Waals surface area contributed by atoms with E-state index in [4.69, 9.17) is 16.3 Å². The second kappa shape index (κ2) is 6.69. The van der Waals surface area contributed by atoms with Crippen LogP contribution >= 0.6 is 11.6 Å². The van der Waals surface area contributed by atoms with Crippen LogP contribution in [0.15, 0.2) is 0 Å². The topological polar surface area (TPSA) is 58.6 Å². The average Bonchev–Trinajstić information content (AvgIpc) is 2.12. The maximum atomic E-state index is 11.7. The molecule has 0 aromatic rings. The van der Waals surface area contributed by atoms with Gasteiger partial charge in [0.2, 0.25) is 5.91 Å². The van der Waals surface area contributed by atoms with Crippen molar-refractivity contribution in [2.24, 2.45) is 0 Å². The molecule has 0 saturated carbocycles. The number of alkyl halides is 1. The second-order valence-electron chi connectivity index (χ2n) is 4.91. The van der Waals surface area contributed by atoms with Gasteiger partial charge in [0, 0.05) is 20.0 Å². The number of hydrogen-bond donors (Lipinski definition) is 1. The van der Waals surface area contributed by atoms with Crippen molar-refractivity contribution in [2.75, 3.05) is 20.0 Å². The molecule has 0 saturated heterocycles. The van der Waals surface area contributed by atoms with Gasteiger partial charge < -0.3 is 15.0 Å². The molecule has 0 aliphatic carbocycles. The third-order valence-corrected chi connectivity index (χ3v) is 2.05. The molecule has 1 unspecified atom stereocenters. The molecule has 100 valence electrons. The Balaban J connectivity index is 4.45. The highest BCUT2D eigenvalue weighted by atomic mass is 35.5. The van der Waals surface area contributed by atoms with Gasteiger partial charge in [-0.25, -0.2) is 4.79 Å². The summed E-state index contributed by atoms with van der Waals surface area (Å²) in [7, 11) is 3.25. The van der Waals surface area contributed by atoms with Crippen LogP contribution < -0.4 is 5.32 Å². The number of halogens is 1.